The third-order valence-electron chi connectivity index (χ3n) is 4.73. The maximum atomic E-state index is 9.86. The van der Waals surface area contributed by atoms with E-state index in [-0.39, 0.29) is 12.5 Å². The zero-order chi connectivity index (χ0) is 17.3. The molecule has 1 saturated carbocycles. The van der Waals surface area contributed by atoms with E-state index in [4.69, 9.17) is 4.74 Å². The van der Waals surface area contributed by atoms with Gasteiger partial charge < -0.3 is 14.4 Å². The Morgan fingerprint density at radius 1 is 1.42 bits per heavy atom. The summed E-state index contributed by atoms with van der Waals surface area (Å²) < 4.78 is 8.98. The van der Waals surface area contributed by atoms with E-state index in [9.17, 15) is 5.11 Å². The van der Waals surface area contributed by atoms with Gasteiger partial charge in [-0.1, -0.05) is 19.6 Å². The van der Waals surface area contributed by atoms with Gasteiger partial charge in [-0.2, -0.15) is 0 Å². The van der Waals surface area contributed by atoms with Crippen molar-refractivity contribution < 1.29 is 9.84 Å². The summed E-state index contributed by atoms with van der Waals surface area (Å²) in [6.45, 7) is 8.61. The highest BCUT2D eigenvalue weighted by atomic mass is 79.9. The molecule has 2 heterocycles. The Bertz CT molecular complexity index is 707. The average molecular weight is 411 g/mol. The van der Waals surface area contributed by atoms with E-state index >= 15 is 0 Å². The molecule has 0 bridgehead atoms. The highest BCUT2D eigenvalue weighted by molar-refractivity contribution is 9.10. The molecule has 24 heavy (non-hydrogen) atoms. The quantitative estimate of drug-likeness (QED) is 0.510. The van der Waals surface area contributed by atoms with Crippen molar-refractivity contribution in [2.75, 3.05) is 13.2 Å². The molecule has 1 aliphatic rings. The number of rotatable bonds is 8. The van der Waals surface area contributed by atoms with E-state index in [2.05, 4.69) is 57.4 Å². The van der Waals surface area contributed by atoms with Crippen molar-refractivity contribution in [2.45, 2.75) is 51.2 Å². The first-order valence-corrected chi connectivity index (χ1v) is 13.2. The molecular weight excluding hydrogens is 384 g/mol. The predicted octanol–water partition coefficient (Wildman–Crippen LogP) is 4.60. The smallest absolute Gasteiger partial charge is 0.142 e. The zero-order valence-electron chi connectivity index (χ0n) is 14.8. The van der Waals surface area contributed by atoms with Gasteiger partial charge in [0.15, 0.2) is 0 Å². The molecule has 0 saturated heterocycles. The van der Waals surface area contributed by atoms with Crippen molar-refractivity contribution in [1.29, 1.82) is 0 Å². The molecule has 0 aromatic carbocycles. The molecule has 1 fully saturated rings. The van der Waals surface area contributed by atoms with Gasteiger partial charge in [-0.3, -0.25) is 0 Å². The fourth-order valence-electron chi connectivity index (χ4n) is 3.11. The number of aliphatic hydroxyl groups is 1. The molecule has 0 aliphatic heterocycles. The largest absolute Gasteiger partial charge is 0.396 e. The van der Waals surface area contributed by atoms with Crippen molar-refractivity contribution in [2.24, 2.45) is 5.92 Å². The first kappa shape index (κ1) is 18.1. The average Bonchev–Trinajstić information content (AvgIpc) is 3.28. The number of halogens is 1. The minimum Gasteiger partial charge on any atom is -0.396 e. The van der Waals surface area contributed by atoms with Crippen molar-refractivity contribution in [3.05, 3.63) is 28.5 Å². The fourth-order valence-corrected chi connectivity index (χ4v) is 4.20. The minimum absolute atomic E-state index is 0.201. The van der Waals surface area contributed by atoms with E-state index in [0.29, 0.717) is 12.6 Å². The van der Waals surface area contributed by atoms with Crippen LogP contribution in [0.1, 0.15) is 24.3 Å². The summed E-state index contributed by atoms with van der Waals surface area (Å²) in [7, 11) is -1.07. The van der Waals surface area contributed by atoms with Gasteiger partial charge in [-0.25, -0.2) is 4.98 Å². The number of pyridine rings is 1. The normalized spacial score (nSPS) is 16.7. The molecule has 2 aromatic rings. The summed E-state index contributed by atoms with van der Waals surface area (Å²) in [5.41, 5.74) is 2.15. The van der Waals surface area contributed by atoms with Gasteiger partial charge in [0.25, 0.3) is 0 Å². The van der Waals surface area contributed by atoms with Crippen LogP contribution >= 0.6 is 15.9 Å². The molecule has 0 amide bonds. The lowest BCUT2D eigenvalue weighted by Gasteiger charge is -2.15. The first-order chi connectivity index (χ1) is 11.4. The second kappa shape index (κ2) is 7.28. The maximum absolute atomic E-state index is 9.86. The van der Waals surface area contributed by atoms with Crippen molar-refractivity contribution >= 4 is 35.0 Å². The van der Waals surface area contributed by atoms with Crippen LogP contribution in [0.2, 0.25) is 25.7 Å². The monoisotopic (exact) mass is 410 g/mol. The van der Waals surface area contributed by atoms with Crippen LogP contribution in [-0.4, -0.2) is 35.9 Å². The van der Waals surface area contributed by atoms with E-state index in [1.165, 1.54) is 24.4 Å². The highest BCUT2D eigenvalue weighted by Gasteiger charge is 2.33. The lowest BCUT2D eigenvalue weighted by molar-refractivity contribution is 0.0897. The number of fused-ring (bicyclic) bond motifs is 1. The van der Waals surface area contributed by atoms with E-state index in [1.807, 2.05) is 6.20 Å². The van der Waals surface area contributed by atoms with Gasteiger partial charge in [-0.05, 0) is 52.4 Å². The molecule has 132 valence electrons. The number of aromatic nitrogens is 2. The number of ether oxygens (including phenoxy) is 1. The first-order valence-electron chi connectivity index (χ1n) is 8.72. The summed E-state index contributed by atoms with van der Waals surface area (Å²) in [5.74, 6) is 0.827. The number of nitrogens with zero attached hydrogens (tertiary/aromatic N) is 2. The number of hydrogen-bond acceptors (Lipinski definition) is 3. The Morgan fingerprint density at radius 2 is 2.17 bits per heavy atom. The van der Waals surface area contributed by atoms with Crippen LogP contribution in [0, 0.1) is 5.92 Å². The van der Waals surface area contributed by atoms with Gasteiger partial charge in [0.05, 0.1) is 6.61 Å². The van der Waals surface area contributed by atoms with Crippen LogP contribution in [0.3, 0.4) is 0 Å². The molecule has 1 unspecified atom stereocenters. The van der Waals surface area contributed by atoms with Crippen molar-refractivity contribution in [1.82, 2.24) is 9.55 Å². The highest BCUT2D eigenvalue weighted by Crippen LogP contribution is 2.44. The summed E-state index contributed by atoms with van der Waals surface area (Å²) in [6.07, 6.45) is 6.39. The minimum atomic E-state index is -1.07. The molecular formula is C18H27BrN2O2Si. The lowest BCUT2D eigenvalue weighted by Crippen LogP contribution is -2.22. The standard InChI is InChI=1S/C18H27BrN2O2Si/c1-24(2,3)7-6-23-12-21-10-16(17(11-22)13-4-5-13)15-8-14(19)9-20-18(15)21/h8-10,13,17,22H,4-7,11-12H2,1-3H3. The van der Waals surface area contributed by atoms with E-state index < -0.39 is 8.07 Å². The van der Waals surface area contributed by atoms with Gasteiger partial charge in [0, 0.05) is 42.9 Å². The van der Waals surface area contributed by atoms with Crippen molar-refractivity contribution in [3.63, 3.8) is 0 Å². The summed E-state index contributed by atoms with van der Waals surface area (Å²) in [4.78, 5) is 4.59. The molecule has 0 spiro atoms. The molecule has 1 aliphatic carbocycles. The Balaban J connectivity index is 1.82. The lowest BCUT2D eigenvalue weighted by atomic mass is 9.95. The topological polar surface area (TPSA) is 47.3 Å². The summed E-state index contributed by atoms with van der Waals surface area (Å²) in [5, 5.41) is 11.0. The van der Waals surface area contributed by atoms with Crippen LogP contribution in [0.5, 0.6) is 0 Å². The molecule has 1 atom stereocenters. The van der Waals surface area contributed by atoms with Crippen molar-refractivity contribution in [3.8, 4) is 0 Å². The van der Waals surface area contributed by atoms with Gasteiger partial charge in [-0.15, -0.1) is 0 Å². The van der Waals surface area contributed by atoms with Gasteiger partial charge >= 0.3 is 0 Å². The SMILES string of the molecule is C[Si](C)(C)CCOCn1cc(C(CO)C2CC2)c2cc(Br)cnc21. The second-order valence-corrected chi connectivity index (χ2v) is 14.6. The van der Waals surface area contributed by atoms with Gasteiger partial charge in [0.2, 0.25) is 0 Å². The Labute approximate surface area is 153 Å². The summed E-state index contributed by atoms with van der Waals surface area (Å²) >= 11 is 3.52. The number of hydrogen-bond donors (Lipinski definition) is 1. The predicted molar refractivity (Wildman–Crippen MR) is 104 cm³/mol. The fraction of sp³-hybridized carbons (Fsp3) is 0.611. The molecule has 2 aromatic heterocycles. The molecule has 1 N–H and O–H groups in total. The Hall–Kier alpha value is -0.693. The maximum Gasteiger partial charge on any atom is 0.142 e. The molecule has 3 rings (SSSR count). The Morgan fingerprint density at radius 3 is 2.79 bits per heavy atom. The van der Waals surface area contributed by atoms with Crippen LogP contribution in [0.4, 0.5) is 0 Å². The van der Waals surface area contributed by atoms with Crippen LogP contribution in [0.25, 0.3) is 11.0 Å². The Kier molecular flexibility index (Phi) is 5.49. The van der Waals surface area contributed by atoms with Crippen LogP contribution < -0.4 is 0 Å². The molecule has 0 radical (unpaired) electrons. The van der Waals surface area contributed by atoms with Gasteiger partial charge in [0.1, 0.15) is 12.4 Å². The van der Waals surface area contributed by atoms with Crippen LogP contribution in [-0.2, 0) is 11.5 Å². The number of aliphatic hydroxyl groups excluding tert-OH is 1. The van der Waals surface area contributed by atoms with Crippen LogP contribution in [0.15, 0.2) is 22.9 Å². The van der Waals surface area contributed by atoms with E-state index in [1.54, 1.807) is 0 Å². The summed E-state index contributed by atoms with van der Waals surface area (Å²) in [6, 6.07) is 3.28. The third kappa shape index (κ3) is 4.28. The molecule has 4 nitrogen and oxygen atoms in total. The van der Waals surface area contributed by atoms with E-state index in [0.717, 1.165) is 22.1 Å². The third-order valence-corrected chi connectivity index (χ3v) is 6.86. The molecule has 6 heteroatoms. The zero-order valence-corrected chi connectivity index (χ0v) is 17.3. The second-order valence-electron chi connectivity index (χ2n) is 8.05.